The van der Waals surface area contributed by atoms with Crippen molar-refractivity contribution in [3.63, 3.8) is 0 Å². The number of hydrogen-bond donors (Lipinski definition) is 2. The number of benzene rings is 2. The Bertz CT molecular complexity index is 1100. The van der Waals surface area contributed by atoms with E-state index in [0.29, 0.717) is 29.7 Å². The Labute approximate surface area is 229 Å². The van der Waals surface area contributed by atoms with E-state index < -0.39 is 11.9 Å². The van der Waals surface area contributed by atoms with Crippen LogP contribution in [0.3, 0.4) is 0 Å². The highest BCUT2D eigenvalue weighted by atomic mass is 35.5. The van der Waals surface area contributed by atoms with Gasteiger partial charge in [0.25, 0.3) is 0 Å². The van der Waals surface area contributed by atoms with Gasteiger partial charge in [-0.05, 0) is 60.6 Å². The molecule has 0 aromatic heterocycles. The molecular weight excluding hydrogens is 511 g/mol. The number of amides is 1. The van der Waals surface area contributed by atoms with Gasteiger partial charge in [-0.25, -0.2) is 0 Å². The Balaban J connectivity index is 1.69. The number of hydrogen-bond acceptors (Lipinski definition) is 4. The highest BCUT2D eigenvalue weighted by Gasteiger charge is 2.44. The molecule has 2 saturated heterocycles. The van der Waals surface area contributed by atoms with Gasteiger partial charge in [0.1, 0.15) is 0 Å². The predicted octanol–water partition coefficient (Wildman–Crippen LogP) is 5.79. The molecule has 3 unspecified atom stereocenters. The zero-order valence-corrected chi connectivity index (χ0v) is 23.1. The van der Waals surface area contributed by atoms with Crippen LogP contribution in [0.5, 0.6) is 0 Å². The Hall–Kier alpha value is -2.12. The minimum absolute atomic E-state index is 0.0498. The zero-order valence-electron chi connectivity index (χ0n) is 21.6. The molecular formula is C29H36Cl2N2O4. The third-order valence-electron chi connectivity index (χ3n) is 8.23. The van der Waals surface area contributed by atoms with Crippen molar-refractivity contribution in [2.45, 2.75) is 57.7 Å². The fraction of sp³-hybridized carbons (Fsp3) is 0.517. The van der Waals surface area contributed by atoms with E-state index >= 15 is 0 Å². The van der Waals surface area contributed by atoms with Gasteiger partial charge in [0.15, 0.2) is 0 Å². The van der Waals surface area contributed by atoms with Crippen molar-refractivity contribution in [3.8, 4) is 0 Å². The fourth-order valence-electron chi connectivity index (χ4n) is 6.13. The first kappa shape index (κ1) is 27.9. The van der Waals surface area contributed by atoms with Crippen molar-refractivity contribution in [2.75, 3.05) is 19.8 Å². The zero-order chi connectivity index (χ0) is 26.7. The number of carbonyl (C=O) groups excluding carboxylic acids is 1. The molecule has 2 aromatic carbocycles. The largest absolute Gasteiger partial charge is 0.481 e. The third kappa shape index (κ3) is 6.48. The molecule has 200 valence electrons. The smallest absolute Gasteiger partial charge is 0.304 e. The molecule has 8 heteroatoms. The van der Waals surface area contributed by atoms with Crippen LogP contribution in [-0.2, 0) is 14.3 Å². The topological polar surface area (TPSA) is 78.9 Å². The van der Waals surface area contributed by atoms with Crippen LogP contribution in [0.15, 0.2) is 48.5 Å². The number of carboxylic acids is 1. The van der Waals surface area contributed by atoms with Gasteiger partial charge in [-0.15, -0.1) is 0 Å². The van der Waals surface area contributed by atoms with E-state index in [2.05, 4.69) is 43.1 Å². The number of morpholine rings is 1. The van der Waals surface area contributed by atoms with Crippen LogP contribution in [0.2, 0.25) is 10.0 Å². The van der Waals surface area contributed by atoms with Crippen molar-refractivity contribution >= 4 is 35.1 Å². The lowest BCUT2D eigenvalue weighted by molar-refractivity contribution is -0.142. The molecule has 0 saturated carbocycles. The highest BCUT2D eigenvalue weighted by Crippen LogP contribution is 2.43. The SMILES string of the molecule is CC(C(C)[C@@H]1NC(=O)[C@@H](CC(=O)O)C[C@@H]1c1cccc(Cl)c1)C(c1ccc(Cl)cc1)N1CCOC[C@@H]1C. The second-order valence-electron chi connectivity index (χ2n) is 10.6. The molecule has 1 amide bonds. The molecule has 2 aromatic rings. The summed E-state index contributed by atoms with van der Waals surface area (Å²) in [6.45, 7) is 8.80. The van der Waals surface area contributed by atoms with Crippen LogP contribution >= 0.6 is 23.2 Å². The van der Waals surface area contributed by atoms with Crippen molar-refractivity contribution in [3.05, 3.63) is 69.7 Å². The minimum atomic E-state index is -0.964. The van der Waals surface area contributed by atoms with Gasteiger partial charge in [0.05, 0.1) is 19.6 Å². The summed E-state index contributed by atoms with van der Waals surface area (Å²) >= 11 is 12.6. The van der Waals surface area contributed by atoms with Gasteiger partial charge in [-0.2, -0.15) is 0 Å². The van der Waals surface area contributed by atoms with E-state index in [0.717, 1.165) is 12.1 Å². The highest BCUT2D eigenvalue weighted by molar-refractivity contribution is 6.30. The van der Waals surface area contributed by atoms with Crippen LogP contribution < -0.4 is 5.32 Å². The van der Waals surface area contributed by atoms with Crippen LogP contribution in [0.1, 0.15) is 56.7 Å². The number of carbonyl (C=O) groups is 2. The third-order valence-corrected chi connectivity index (χ3v) is 8.72. The summed E-state index contributed by atoms with van der Waals surface area (Å²) in [7, 11) is 0. The van der Waals surface area contributed by atoms with Gasteiger partial charge in [-0.3, -0.25) is 14.5 Å². The number of halogens is 2. The van der Waals surface area contributed by atoms with Crippen LogP contribution in [-0.4, -0.2) is 53.7 Å². The summed E-state index contributed by atoms with van der Waals surface area (Å²) in [5.41, 5.74) is 2.21. The normalized spacial score (nSPS) is 27.2. The maximum absolute atomic E-state index is 13.1. The van der Waals surface area contributed by atoms with E-state index in [9.17, 15) is 14.7 Å². The van der Waals surface area contributed by atoms with Crippen molar-refractivity contribution in [1.29, 1.82) is 0 Å². The maximum Gasteiger partial charge on any atom is 0.304 e. The number of aliphatic carboxylic acids is 1. The van der Waals surface area contributed by atoms with E-state index in [1.807, 2.05) is 36.4 Å². The first-order chi connectivity index (χ1) is 17.7. The summed E-state index contributed by atoms with van der Waals surface area (Å²) in [5, 5.41) is 14.0. The van der Waals surface area contributed by atoms with E-state index in [1.54, 1.807) is 0 Å². The van der Waals surface area contributed by atoms with E-state index in [4.69, 9.17) is 27.9 Å². The molecule has 2 aliphatic heterocycles. The number of piperidine rings is 1. The molecule has 37 heavy (non-hydrogen) atoms. The Kier molecular flexibility index (Phi) is 9.17. The summed E-state index contributed by atoms with van der Waals surface area (Å²) in [4.78, 5) is 27.1. The molecule has 7 atom stereocenters. The number of nitrogens with zero attached hydrogens (tertiary/aromatic N) is 1. The molecule has 0 spiro atoms. The lowest BCUT2D eigenvalue weighted by atomic mass is 9.69. The van der Waals surface area contributed by atoms with Crippen molar-refractivity contribution < 1.29 is 19.4 Å². The molecule has 2 fully saturated rings. The van der Waals surface area contributed by atoms with E-state index in [-0.39, 0.29) is 48.2 Å². The molecule has 0 bridgehead atoms. The molecule has 2 aliphatic rings. The molecule has 0 aliphatic carbocycles. The Morgan fingerprint density at radius 3 is 2.54 bits per heavy atom. The lowest BCUT2D eigenvalue weighted by Gasteiger charge is -2.47. The average Bonchev–Trinajstić information content (AvgIpc) is 2.86. The monoisotopic (exact) mass is 546 g/mol. The summed E-state index contributed by atoms with van der Waals surface area (Å²) in [6, 6.07) is 15.9. The van der Waals surface area contributed by atoms with Gasteiger partial charge in [-0.1, -0.05) is 61.3 Å². The number of rotatable bonds is 8. The predicted molar refractivity (Wildman–Crippen MR) is 146 cm³/mol. The van der Waals surface area contributed by atoms with E-state index in [1.165, 1.54) is 5.56 Å². The molecule has 4 rings (SSSR count). The minimum Gasteiger partial charge on any atom is -0.481 e. The quantitative estimate of drug-likeness (QED) is 0.438. The van der Waals surface area contributed by atoms with Gasteiger partial charge in [0.2, 0.25) is 5.91 Å². The number of carboxylic acid groups (broad SMARTS) is 1. The first-order valence-corrected chi connectivity index (χ1v) is 13.8. The van der Waals surface area contributed by atoms with Crippen molar-refractivity contribution in [1.82, 2.24) is 10.2 Å². The standard InChI is InChI=1S/C29H36Cl2N2O4/c1-17-16-37-12-11-33(17)28(20-7-9-23(30)10-8-20)19(3)18(2)27-25(21-5-4-6-24(31)13-21)14-22(15-26(34)35)29(36)32-27/h4-10,13,17-19,22,25,27-28H,11-12,14-16H2,1-3H3,(H,32,36)(H,34,35)/t17-,18?,19?,22+,25+,27-,28?/m0/s1. The molecule has 2 heterocycles. The van der Waals surface area contributed by atoms with Crippen LogP contribution in [0, 0.1) is 17.8 Å². The van der Waals surface area contributed by atoms with Gasteiger partial charge < -0.3 is 15.2 Å². The maximum atomic E-state index is 13.1. The van der Waals surface area contributed by atoms with Crippen molar-refractivity contribution in [2.24, 2.45) is 17.8 Å². The average molecular weight is 548 g/mol. The summed E-state index contributed by atoms with van der Waals surface area (Å²) < 4.78 is 5.74. The second-order valence-corrected chi connectivity index (χ2v) is 11.5. The molecule has 6 nitrogen and oxygen atoms in total. The first-order valence-electron chi connectivity index (χ1n) is 13.0. The van der Waals surface area contributed by atoms with Gasteiger partial charge in [0, 0.05) is 46.6 Å². The molecule has 0 radical (unpaired) electrons. The molecule has 2 N–H and O–H groups in total. The second kappa shape index (κ2) is 12.2. The number of ether oxygens (including phenoxy) is 1. The Morgan fingerprint density at radius 2 is 1.89 bits per heavy atom. The van der Waals surface area contributed by atoms with Gasteiger partial charge >= 0.3 is 5.97 Å². The summed E-state index contributed by atoms with van der Waals surface area (Å²) in [5.74, 6) is -1.54. The summed E-state index contributed by atoms with van der Waals surface area (Å²) in [6.07, 6.45) is 0.290. The number of nitrogens with one attached hydrogen (secondary N) is 1. The lowest BCUT2D eigenvalue weighted by Crippen LogP contribution is -2.55. The van der Waals surface area contributed by atoms with Crippen LogP contribution in [0.25, 0.3) is 0 Å². The Morgan fingerprint density at radius 1 is 1.16 bits per heavy atom. The fourth-order valence-corrected chi connectivity index (χ4v) is 6.46. The van der Waals surface area contributed by atoms with Crippen LogP contribution in [0.4, 0.5) is 0 Å².